The Morgan fingerprint density at radius 1 is 1.32 bits per heavy atom. The van der Waals surface area contributed by atoms with E-state index < -0.39 is 0 Å². The van der Waals surface area contributed by atoms with E-state index in [0.717, 1.165) is 18.0 Å². The molecule has 0 radical (unpaired) electrons. The van der Waals surface area contributed by atoms with Gasteiger partial charge in [-0.05, 0) is 30.9 Å². The average Bonchev–Trinajstić information content (AvgIpc) is 3.23. The van der Waals surface area contributed by atoms with Crippen molar-refractivity contribution < 1.29 is 9.90 Å². The number of aliphatic hydroxyl groups excluding tert-OH is 1. The number of rotatable bonds is 8. The summed E-state index contributed by atoms with van der Waals surface area (Å²) in [5.74, 6) is 0.826. The standard InChI is InChI=1S/C15H22N2O2/c18-9-8-17(12-14-4-2-1-3-5-14)15(19)11-16-10-13-6-7-13/h1-5,13,16,18H,6-12H2. The molecule has 1 aliphatic carbocycles. The summed E-state index contributed by atoms with van der Waals surface area (Å²) in [4.78, 5) is 13.8. The van der Waals surface area contributed by atoms with Crippen LogP contribution < -0.4 is 5.32 Å². The molecule has 19 heavy (non-hydrogen) atoms. The van der Waals surface area contributed by atoms with Crippen LogP contribution in [-0.2, 0) is 11.3 Å². The lowest BCUT2D eigenvalue weighted by Gasteiger charge is -2.22. The van der Waals surface area contributed by atoms with Crippen molar-refractivity contribution in [1.82, 2.24) is 10.2 Å². The fraction of sp³-hybridized carbons (Fsp3) is 0.533. The topological polar surface area (TPSA) is 52.6 Å². The summed E-state index contributed by atoms with van der Waals surface area (Å²) in [6, 6.07) is 9.87. The zero-order valence-electron chi connectivity index (χ0n) is 11.2. The number of nitrogens with zero attached hydrogens (tertiary/aromatic N) is 1. The van der Waals surface area contributed by atoms with Crippen LogP contribution in [0.2, 0.25) is 0 Å². The van der Waals surface area contributed by atoms with E-state index in [9.17, 15) is 4.79 Å². The quantitative estimate of drug-likeness (QED) is 0.735. The number of carbonyl (C=O) groups is 1. The third-order valence-corrected chi connectivity index (χ3v) is 3.35. The van der Waals surface area contributed by atoms with Crippen LogP contribution in [0, 0.1) is 5.92 Å². The molecule has 4 heteroatoms. The maximum absolute atomic E-state index is 12.1. The maximum Gasteiger partial charge on any atom is 0.236 e. The Morgan fingerprint density at radius 2 is 2.05 bits per heavy atom. The molecule has 0 unspecified atom stereocenters. The molecule has 0 heterocycles. The highest BCUT2D eigenvalue weighted by Crippen LogP contribution is 2.27. The molecule has 2 N–H and O–H groups in total. The molecule has 0 saturated heterocycles. The van der Waals surface area contributed by atoms with Crippen molar-refractivity contribution in [2.75, 3.05) is 26.2 Å². The maximum atomic E-state index is 12.1. The van der Waals surface area contributed by atoms with Crippen molar-refractivity contribution in [3.63, 3.8) is 0 Å². The average molecular weight is 262 g/mol. The number of hydrogen-bond acceptors (Lipinski definition) is 3. The highest BCUT2D eigenvalue weighted by atomic mass is 16.3. The molecule has 1 aromatic carbocycles. The molecule has 1 amide bonds. The molecule has 1 fully saturated rings. The van der Waals surface area contributed by atoms with Crippen molar-refractivity contribution >= 4 is 5.91 Å². The Hall–Kier alpha value is -1.39. The van der Waals surface area contributed by atoms with Crippen molar-refractivity contribution in [2.45, 2.75) is 19.4 Å². The minimum absolute atomic E-state index is 0.00119. The molecule has 0 aromatic heterocycles. The van der Waals surface area contributed by atoms with Crippen LogP contribution in [0.5, 0.6) is 0 Å². The van der Waals surface area contributed by atoms with Gasteiger partial charge in [0, 0.05) is 13.1 Å². The Balaban J connectivity index is 1.81. The second kappa shape index (κ2) is 7.26. The Labute approximate surface area is 114 Å². The van der Waals surface area contributed by atoms with Crippen LogP contribution >= 0.6 is 0 Å². The predicted molar refractivity (Wildman–Crippen MR) is 74.5 cm³/mol. The monoisotopic (exact) mass is 262 g/mol. The van der Waals surface area contributed by atoms with Gasteiger partial charge in [0.2, 0.25) is 5.91 Å². The first-order chi connectivity index (χ1) is 9.29. The highest BCUT2D eigenvalue weighted by molar-refractivity contribution is 5.78. The van der Waals surface area contributed by atoms with Gasteiger partial charge in [0.25, 0.3) is 0 Å². The molecule has 0 spiro atoms. The molecule has 1 aromatic rings. The van der Waals surface area contributed by atoms with Gasteiger partial charge in [-0.15, -0.1) is 0 Å². The molecule has 0 bridgehead atoms. The van der Waals surface area contributed by atoms with Gasteiger partial charge in [-0.2, -0.15) is 0 Å². The zero-order chi connectivity index (χ0) is 13.5. The normalized spacial score (nSPS) is 14.4. The van der Waals surface area contributed by atoms with Crippen molar-refractivity contribution in [3.8, 4) is 0 Å². The van der Waals surface area contributed by atoms with Crippen LogP contribution in [0.15, 0.2) is 30.3 Å². The summed E-state index contributed by atoms with van der Waals surface area (Å²) < 4.78 is 0. The second-order valence-corrected chi connectivity index (χ2v) is 5.10. The summed E-state index contributed by atoms with van der Waals surface area (Å²) in [5.41, 5.74) is 1.09. The van der Waals surface area contributed by atoms with E-state index in [2.05, 4.69) is 5.32 Å². The fourth-order valence-electron chi connectivity index (χ4n) is 2.03. The molecule has 0 aliphatic heterocycles. The molecule has 2 rings (SSSR count). The first-order valence-corrected chi connectivity index (χ1v) is 6.93. The van der Waals surface area contributed by atoms with Crippen LogP contribution in [0.1, 0.15) is 18.4 Å². The first-order valence-electron chi connectivity index (χ1n) is 6.93. The van der Waals surface area contributed by atoms with Crippen LogP contribution in [0.3, 0.4) is 0 Å². The van der Waals surface area contributed by atoms with E-state index in [1.54, 1.807) is 4.90 Å². The fourth-order valence-corrected chi connectivity index (χ4v) is 2.03. The number of aliphatic hydroxyl groups is 1. The first kappa shape index (κ1) is 14.0. The number of nitrogens with one attached hydrogen (secondary N) is 1. The second-order valence-electron chi connectivity index (χ2n) is 5.10. The Morgan fingerprint density at radius 3 is 2.68 bits per heavy atom. The van der Waals surface area contributed by atoms with Gasteiger partial charge < -0.3 is 15.3 Å². The minimum atomic E-state index is 0.00119. The Kier molecular flexibility index (Phi) is 5.36. The van der Waals surface area contributed by atoms with Gasteiger partial charge in [0.05, 0.1) is 13.2 Å². The van der Waals surface area contributed by atoms with E-state index in [0.29, 0.717) is 19.6 Å². The zero-order valence-corrected chi connectivity index (χ0v) is 11.2. The predicted octanol–water partition coefficient (Wildman–Crippen LogP) is 1.01. The lowest BCUT2D eigenvalue weighted by molar-refractivity contribution is -0.131. The van der Waals surface area contributed by atoms with E-state index in [-0.39, 0.29) is 12.5 Å². The number of carbonyl (C=O) groups excluding carboxylic acids is 1. The summed E-state index contributed by atoms with van der Waals surface area (Å²) >= 11 is 0. The summed E-state index contributed by atoms with van der Waals surface area (Å²) in [6.45, 7) is 2.25. The van der Waals surface area contributed by atoms with Gasteiger partial charge in [-0.3, -0.25) is 4.79 Å². The molecule has 104 valence electrons. The summed E-state index contributed by atoms with van der Waals surface area (Å²) in [5, 5.41) is 12.3. The lowest BCUT2D eigenvalue weighted by atomic mass is 10.2. The van der Waals surface area contributed by atoms with E-state index in [4.69, 9.17) is 5.11 Å². The van der Waals surface area contributed by atoms with Crippen molar-refractivity contribution in [3.05, 3.63) is 35.9 Å². The summed E-state index contributed by atoms with van der Waals surface area (Å²) in [7, 11) is 0. The highest BCUT2D eigenvalue weighted by Gasteiger charge is 2.21. The third kappa shape index (κ3) is 5.01. The molecule has 0 atom stereocenters. The molecule has 1 saturated carbocycles. The van der Waals surface area contributed by atoms with E-state index in [1.807, 2.05) is 30.3 Å². The molecule has 1 aliphatic rings. The van der Waals surface area contributed by atoms with Gasteiger partial charge in [-0.25, -0.2) is 0 Å². The number of benzene rings is 1. The lowest BCUT2D eigenvalue weighted by Crippen LogP contribution is -2.39. The number of hydrogen-bond donors (Lipinski definition) is 2. The minimum Gasteiger partial charge on any atom is -0.395 e. The molecular formula is C15H22N2O2. The summed E-state index contributed by atoms with van der Waals surface area (Å²) in [6.07, 6.45) is 2.57. The van der Waals surface area contributed by atoms with Gasteiger partial charge in [0.1, 0.15) is 0 Å². The van der Waals surface area contributed by atoms with Crippen molar-refractivity contribution in [2.24, 2.45) is 5.92 Å². The molecular weight excluding hydrogens is 240 g/mol. The smallest absolute Gasteiger partial charge is 0.236 e. The van der Waals surface area contributed by atoms with Gasteiger partial charge in [-0.1, -0.05) is 30.3 Å². The third-order valence-electron chi connectivity index (χ3n) is 3.35. The SMILES string of the molecule is O=C(CNCC1CC1)N(CCO)Cc1ccccc1. The largest absolute Gasteiger partial charge is 0.395 e. The van der Waals surface area contributed by atoms with E-state index in [1.165, 1.54) is 12.8 Å². The number of amides is 1. The van der Waals surface area contributed by atoms with Crippen molar-refractivity contribution in [1.29, 1.82) is 0 Å². The molecule has 4 nitrogen and oxygen atoms in total. The van der Waals surface area contributed by atoms with Gasteiger partial charge >= 0.3 is 0 Å². The Bertz CT molecular complexity index is 390. The van der Waals surface area contributed by atoms with Crippen LogP contribution in [0.25, 0.3) is 0 Å². The van der Waals surface area contributed by atoms with Crippen LogP contribution in [-0.4, -0.2) is 42.2 Å². The van der Waals surface area contributed by atoms with Crippen LogP contribution in [0.4, 0.5) is 0 Å². The van der Waals surface area contributed by atoms with Gasteiger partial charge in [0.15, 0.2) is 0 Å². The van der Waals surface area contributed by atoms with E-state index >= 15 is 0 Å².